The number of hydrogen-bond acceptors (Lipinski definition) is 5. The molecule has 0 spiro atoms. The number of nitrogens with zero attached hydrogens (tertiary/aromatic N) is 2. The molecule has 130 valence electrons. The van der Waals surface area contributed by atoms with Gasteiger partial charge >= 0.3 is 5.97 Å². The third-order valence-corrected chi connectivity index (χ3v) is 4.54. The normalized spacial score (nSPS) is 20.4. The molecule has 0 aliphatic carbocycles. The third-order valence-electron chi connectivity index (χ3n) is 4.54. The maximum absolute atomic E-state index is 12.7. The van der Waals surface area contributed by atoms with Gasteiger partial charge in [0.05, 0.1) is 7.11 Å². The van der Waals surface area contributed by atoms with Gasteiger partial charge in [0.1, 0.15) is 11.4 Å². The van der Waals surface area contributed by atoms with E-state index in [-0.39, 0.29) is 18.1 Å². The summed E-state index contributed by atoms with van der Waals surface area (Å²) in [7, 11) is 3.37. The fourth-order valence-electron chi connectivity index (χ4n) is 3.10. The molecule has 1 aromatic carbocycles. The Balaban J connectivity index is 1.94. The molecule has 0 radical (unpaired) electrons. The van der Waals surface area contributed by atoms with Crippen molar-refractivity contribution in [3.8, 4) is 5.75 Å². The van der Waals surface area contributed by atoms with Crippen LogP contribution in [0.15, 0.2) is 48.8 Å². The number of ether oxygens (including phenoxy) is 2. The number of methoxy groups -OCH3 is 1. The number of benzene rings is 1. The summed E-state index contributed by atoms with van der Waals surface area (Å²) in [5.74, 6) is 0.277. The minimum Gasteiger partial charge on any atom is -0.497 e. The number of esters is 1. The van der Waals surface area contributed by atoms with E-state index in [0.717, 1.165) is 11.3 Å². The maximum atomic E-state index is 12.7. The molecular formula is C19H20N2O4. The van der Waals surface area contributed by atoms with Gasteiger partial charge in [-0.1, -0.05) is 12.1 Å². The van der Waals surface area contributed by atoms with Crippen LogP contribution in [0.4, 0.5) is 0 Å². The Kier molecular flexibility index (Phi) is 4.44. The molecule has 0 N–H and O–H groups in total. The van der Waals surface area contributed by atoms with E-state index in [1.54, 1.807) is 37.2 Å². The summed E-state index contributed by atoms with van der Waals surface area (Å²) in [6.45, 7) is 1.81. The van der Waals surface area contributed by atoms with E-state index in [9.17, 15) is 9.59 Å². The van der Waals surface area contributed by atoms with E-state index in [1.165, 1.54) is 6.08 Å². The topological polar surface area (TPSA) is 70.4 Å². The molecule has 2 atom stereocenters. The monoisotopic (exact) mass is 340 g/mol. The molecule has 0 fully saturated rings. The van der Waals surface area contributed by atoms with Gasteiger partial charge in [-0.25, -0.2) is 9.78 Å². The fourth-order valence-corrected chi connectivity index (χ4v) is 3.10. The molecule has 0 unspecified atom stereocenters. The Bertz CT molecular complexity index is 822. The van der Waals surface area contributed by atoms with Crippen LogP contribution in [0.5, 0.6) is 5.75 Å². The van der Waals surface area contributed by atoms with E-state index in [1.807, 2.05) is 31.2 Å². The molecule has 1 aliphatic rings. The highest BCUT2D eigenvalue weighted by molar-refractivity contribution is 5.93. The summed E-state index contributed by atoms with van der Waals surface area (Å²) in [5.41, 5.74) is 0.0113. The largest absolute Gasteiger partial charge is 0.497 e. The first-order valence-corrected chi connectivity index (χ1v) is 7.99. The lowest BCUT2D eigenvalue weighted by Crippen LogP contribution is -2.34. The zero-order chi connectivity index (χ0) is 18.0. The van der Waals surface area contributed by atoms with E-state index in [4.69, 9.17) is 9.47 Å². The standard InChI is InChI=1S/C19H20N2O4/c1-19(9-8-17(23)25-19)15(13-4-6-14(24-3)7-5-13)12-16(22)18-20-10-11-21(18)2/h4-11,15H,12H2,1-3H3/t15-,19-/m1/s1. The first-order valence-electron chi connectivity index (χ1n) is 7.99. The summed E-state index contributed by atoms with van der Waals surface area (Å²) in [6.07, 6.45) is 6.61. The van der Waals surface area contributed by atoms with Gasteiger partial charge in [-0.05, 0) is 30.7 Å². The zero-order valence-electron chi connectivity index (χ0n) is 14.4. The van der Waals surface area contributed by atoms with Crippen molar-refractivity contribution in [2.75, 3.05) is 7.11 Å². The summed E-state index contributed by atoms with van der Waals surface area (Å²) >= 11 is 0. The second-order valence-corrected chi connectivity index (χ2v) is 6.25. The zero-order valence-corrected chi connectivity index (χ0v) is 14.4. The number of carbonyl (C=O) groups is 2. The second-order valence-electron chi connectivity index (χ2n) is 6.25. The van der Waals surface area contributed by atoms with Gasteiger partial charge in [-0.2, -0.15) is 0 Å². The van der Waals surface area contributed by atoms with Crippen molar-refractivity contribution in [2.45, 2.75) is 24.9 Å². The van der Waals surface area contributed by atoms with Gasteiger partial charge in [-0.3, -0.25) is 4.79 Å². The van der Waals surface area contributed by atoms with Crippen LogP contribution in [-0.4, -0.2) is 34.0 Å². The molecule has 3 rings (SSSR count). The summed E-state index contributed by atoms with van der Waals surface area (Å²) in [4.78, 5) is 28.5. The van der Waals surface area contributed by atoms with E-state index >= 15 is 0 Å². The number of aryl methyl sites for hydroxylation is 1. The average molecular weight is 340 g/mol. The molecule has 0 saturated carbocycles. The van der Waals surface area contributed by atoms with Gasteiger partial charge < -0.3 is 14.0 Å². The first-order chi connectivity index (χ1) is 11.9. The van der Waals surface area contributed by atoms with E-state index < -0.39 is 11.6 Å². The van der Waals surface area contributed by atoms with E-state index in [2.05, 4.69) is 4.98 Å². The molecule has 6 nitrogen and oxygen atoms in total. The number of hydrogen-bond donors (Lipinski definition) is 0. The highest BCUT2D eigenvalue weighted by Crippen LogP contribution is 2.39. The number of imidazole rings is 1. The number of ketones is 1. The van der Waals surface area contributed by atoms with Gasteiger partial charge in [0.15, 0.2) is 11.6 Å². The number of aromatic nitrogens is 2. The number of carbonyl (C=O) groups excluding carboxylic acids is 2. The fraction of sp³-hybridized carbons (Fsp3) is 0.316. The minimum absolute atomic E-state index is 0.106. The second kappa shape index (κ2) is 6.55. The maximum Gasteiger partial charge on any atom is 0.331 e. The molecule has 2 aromatic rings. The van der Waals surface area contributed by atoms with Crippen molar-refractivity contribution in [1.29, 1.82) is 0 Å². The Morgan fingerprint density at radius 2 is 2.08 bits per heavy atom. The Hall–Kier alpha value is -2.89. The number of cyclic esters (lactones) is 1. The number of Topliss-reactive ketones (excluding diaryl/α,β-unsaturated/α-hetero) is 1. The molecule has 1 aliphatic heterocycles. The SMILES string of the molecule is COc1ccc([C@@H](CC(=O)c2nccn2C)[C@@]2(C)C=CC(=O)O2)cc1. The van der Waals surface area contributed by atoms with Crippen LogP contribution >= 0.6 is 0 Å². The Labute approximate surface area is 146 Å². The van der Waals surface area contributed by atoms with Gasteiger partial charge in [0.2, 0.25) is 0 Å². The molecule has 0 bridgehead atoms. The molecule has 1 aromatic heterocycles. The number of rotatable bonds is 6. The lowest BCUT2D eigenvalue weighted by molar-refractivity contribution is -0.145. The minimum atomic E-state index is -0.882. The summed E-state index contributed by atoms with van der Waals surface area (Å²) < 4.78 is 12.4. The summed E-state index contributed by atoms with van der Waals surface area (Å²) in [6, 6.07) is 7.44. The van der Waals surface area contributed by atoms with Crippen molar-refractivity contribution in [3.05, 3.63) is 60.2 Å². The van der Waals surface area contributed by atoms with Crippen molar-refractivity contribution >= 4 is 11.8 Å². The predicted molar refractivity (Wildman–Crippen MR) is 91.5 cm³/mol. The lowest BCUT2D eigenvalue weighted by Gasteiger charge is -2.31. The van der Waals surface area contributed by atoms with Crippen LogP contribution in [0.2, 0.25) is 0 Å². The quantitative estimate of drug-likeness (QED) is 0.597. The van der Waals surface area contributed by atoms with Crippen molar-refractivity contribution in [3.63, 3.8) is 0 Å². The average Bonchev–Trinajstić information content (AvgIpc) is 3.18. The third kappa shape index (κ3) is 3.33. The Morgan fingerprint density at radius 3 is 2.60 bits per heavy atom. The molecule has 0 saturated heterocycles. The van der Waals surface area contributed by atoms with Crippen LogP contribution in [0, 0.1) is 0 Å². The molecular weight excluding hydrogens is 320 g/mol. The molecule has 6 heteroatoms. The van der Waals surface area contributed by atoms with Gasteiger partial charge in [0.25, 0.3) is 0 Å². The van der Waals surface area contributed by atoms with Crippen molar-refractivity contribution in [2.24, 2.45) is 7.05 Å². The van der Waals surface area contributed by atoms with Crippen LogP contribution in [0.3, 0.4) is 0 Å². The smallest absolute Gasteiger partial charge is 0.331 e. The van der Waals surface area contributed by atoms with Crippen molar-refractivity contribution < 1.29 is 19.1 Å². The first kappa shape index (κ1) is 17.0. The highest BCUT2D eigenvalue weighted by atomic mass is 16.6. The lowest BCUT2D eigenvalue weighted by atomic mass is 9.80. The van der Waals surface area contributed by atoms with Crippen LogP contribution < -0.4 is 4.74 Å². The van der Waals surface area contributed by atoms with Crippen molar-refractivity contribution in [1.82, 2.24) is 9.55 Å². The van der Waals surface area contributed by atoms with Gasteiger partial charge in [0, 0.05) is 37.9 Å². The predicted octanol–water partition coefficient (Wildman–Crippen LogP) is 2.66. The molecule has 0 amide bonds. The summed E-state index contributed by atoms with van der Waals surface area (Å²) in [5, 5.41) is 0. The highest BCUT2D eigenvalue weighted by Gasteiger charge is 2.41. The Morgan fingerprint density at radius 1 is 1.36 bits per heavy atom. The van der Waals surface area contributed by atoms with Crippen LogP contribution in [0.1, 0.15) is 35.4 Å². The molecule has 25 heavy (non-hydrogen) atoms. The van der Waals surface area contributed by atoms with Crippen LogP contribution in [0.25, 0.3) is 0 Å². The molecule has 2 heterocycles. The van der Waals surface area contributed by atoms with Gasteiger partial charge in [-0.15, -0.1) is 0 Å². The van der Waals surface area contributed by atoms with E-state index in [0.29, 0.717) is 5.82 Å². The van der Waals surface area contributed by atoms with Crippen LogP contribution in [-0.2, 0) is 16.6 Å².